The minimum atomic E-state index is -0.376. The van der Waals surface area contributed by atoms with Gasteiger partial charge >= 0.3 is 5.97 Å². The van der Waals surface area contributed by atoms with Crippen LogP contribution in [0.1, 0.15) is 22.6 Å². The van der Waals surface area contributed by atoms with Gasteiger partial charge in [-0.3, -0.25) is 0 Å². The maximum Gasteiger partial charge on any atom is 0.338 e. The van der Waals surface area contributed by atoms with Crippen LogP contribution in [0.25, 0.3) is 23.1 Å². The Hall–Kier alpha value is -4.12. The number of hydrogen-bond donors (Lipinski definition) is 0. The normalized spacial score (nSPS) is 11.3. The Balaban J connectivity index is 1.40. The molecule has 0 saturated carbocycles. The topological polar surface area (TPSA) is 61.6 Å². The molecule has 166 valence electrons. The van der Waals surface area contributed by atoms with E-state index in [1.807, 2.05) is 97.9 Å². The molecule has 1 heterocycles. The molecule has 4 rings (SSSR count). The second-order valence-corrected chi connectivity index (χ2v) is 7.47. The molecule has 0 radical (unpaired) electrons. The molecule has 0 N–H and O–H groups in total. The van der Waals surface area contributed by atoms with Gasteiger partial charge in [0.1, 0.15) is 11.5 Å². The van der Waals surface area contributed by atoms with E-state index in [9.17, 15) is 4.79 Å². The second kappa shape index (κ2) is 10.5. The summed E-state index contributed by atoms with van der Waals surface area (Å²) in [6.07, 6.45) is 2.46. The molecule has 1 aromatic heterocycles. The lowest BCUT2D eigenvalue weighted by molar-refractivity contribution is -0.133. The van der Waals surface area contributed by atoms with Crippen LogP contribution in [0.4, 0.5) is 0 Å². The number of methoxy groups -OCH3 is 1. The third kappa shape index (κ3) is 5.57. The average molecular weight is 440 g/mol. The van der Waals surface area contributed by atoms with E-state index in [0.717, 1.165) is 33.9 Å². The fourth-order valence-corrected chi connectivity index (χ4v) is 3.44. The Labute approximate surface area is 193 Å². The van der Waals surface area contributed by atoms with E-state index in [-0.39, 0.29) is 5.97 Å². The number of oxazole rings is 1. The van der Waals surface area contributed by atoms with Gasteiger partial charge in [-0.05, 0) is 48.4 Å². The summed E-state index contributed by atoms with van der Waals surface area (Å²) in [5, 5.41) is 0. The molecule has 33 heavy (non-hydrogen) atoms. The number of hydrogen-bond acceptors (Lipinski definition) is 5. The summed E-state index contributed by atoms with van der Waals surface area (Å²) >= 11 is 0. The van der Waals surface area contributed by atoms with Gasteiger partial charge in [-0.1, -0.05) is 60.7 Å². The van der Waals surface area contributed by atoms with E-state index in [1.165, 1.54) is 7.11 Å². The predicted octanol–water partition coefficient (Wildman–Crippen LogP) is 5.99. The number of carbonyl (C=O) groups excluding carboxylic acids is 1. The monoisotopic (exact) mass is 439 g/mol. The van der Waals surface area contributed by atoms with Gasteiger partial charge in [0.15, 0.2) is 0 Å². The van der Waals surface area contributed by atoms with Crippen molar-refractivity contribution in [1.82, 2.24) is 4.98 Å². The summed E-state index contributed by atoms with van der Waals surface area (Å²) in [7, 11) is 1.38. The first kappa shape index (κ1) is 22.1. The minimum absolute atomic E-state index is 0.376. The van der Waals surface area contributed by atoms with Crippen molar-refractivity contribution in [3.8, 4) is 17.2 Å². The number of ether oxygens (including phenoxy) is 2. The van der Waals surface area contributed by atoms with Gasteiger partial charge < -0.3 is 13.9 Å². The summed E-state index contributed by atoms with van der Waals surface area (Å²) < 4.78 is 16.7. The highest BCUT2D eigenvalue weighted by Crippen LogP contribution is 2.23. The molecule has 0 unspecified atom stereocenters. The van der Waals surface area contributed by atoms with Crippen LogP contribution in [0.5, 0.6) is 5.75 Å². The van der Waals surface area contributed by atoms with Crippen molar-refractivity contribution in [2.24, 2.45) is 0 Å². The van der Waals surface area contributed by atoms with Crippen molar-refractivity contribution in [2.75, 3.05) is 13.7 Å². The molecule has 0 bridgehead atoms. The zero-order valence-electron chi connectivity index (χ0n) is 18.7. The summed E-state index contributed by atoms with van der Waals surface area (Å²) in [6.45, 7) is 2.40. The third-order valence-electron chi connectivity index (χ3n) is 5.20. The van der Waals surface area contributed by atoms with Gasteiger partial charge in [0, 0.05) is 12.0 Å². The Morgan fingerprint density at radius 2 is 1.61 bits per heavy atom. The van der Waals surface area contributed by atoms with Crippen molar-refractivity contribution in [3.63, 3.8) is 0 Å². The summed E-state index contributed by atoms with van der Waals surface area (Å²) in [6, 6.07) is 26.9. The average Bonchev–Trinajstić information content (AvgIpc) is 3.24. The van der Waals surface area contributed by atoms with Crippen LogP contribution in [0.2, 0.25) is 0 Å². The van der Waals surface area contributed by atoms with Crippen LogP contribution >= 0.6 is 0 Å². The lowest BCUT2D eigenvalue weighted by Gasteiger charge is -2.08. The van der Waals surface area contributed by atoms with E-state index in [2.05, 4.69) is 4.98 Å². The number of esters is 1. The Bertz CT molecular complexity index is 1230. The molecule has 0 atom stereocenters. The number of aryl methyl sites for hydroxylation is 1. The molecular weight excluding hydrogens is 414 g/mol. The van der Waals surface area contributed by atoms with Crippen LogP contribution in [0.3, 0.4) is 0 Å². The van der Waals surface area contributed by atoms with Crippen LogP contribution in [-0.4, -0.2) is 24.7 Å². The Kier molecular flexibility index (Phi) is 7.00. The fraction of sp³-hybridized carbons (Fsp3) is 0.143. The fourth-order valence-electron chi connectivity index (χ4n) is 3.44. The van der Waals surface area contributed by atoms with E-state index in [0.29, 0.717) is 24.5 Å². The SMILES string of the molecule is COC(=O)/C(=C/c1ccc(OCCc2nc(-c3ccccc3)oc2C)cc1)c1ccccc1. The highest BCUT2D eigenvalue weighted by Gasteiger charge is 2.13. The van der Waals surface area contributed by atoms with Gasteiger partial charge in [-0.2, -0.15) is 0 Å². The molecule has 0 aliphatic carbocycles. The first-order valence-electron chi connectivity index (χ1n) is 10.7. The van der Waals surface area contributed by atoms with Gasteiger partial charge in [-0.25, -0.2) is 9.78 Å². The Morgan fingerprint density at radius 1 is 0.939 bits per heavy atom. The van der Waals surface area contributed by atoms with Crippen molar-refractivity contribution < 1.29 is 18.7 Å². The molecule has 5 heteroatoms. The van der Waals surface area contributed by atoms with Gasteiger partial charge in [0.05, 0.1) is 25.0 Å². The van der Waals surface area contributed by atoms with Crippen molar-refractivity contribution in [3.05, 3.63) is 108 Å². The van der Waals surface area contributed by atoms with Crippen molar-refractivity contribution in [2.45, 2.75) is 13.3 Å². The number of benzene rings is 3. The summed E-state index contributed by atoms with van der Waals surface area (Å²) in [5.74, 6) is 1.79. The van der Waals surface area contributed by atoms with Crippen molar-refractivity contribution >= 4 is 17.6 Å². The van der Waals surface area contributed by atoms with Gasteiger partial charge in [0.2, 0.25) is 5.89 Å². The smallest absolute Gasteiger partial charge is 0.338 e. The maximum atomic E-state index is 12.3. The molecule has 0 spiro atoms. The standard InChI is InChI=1S/C28H25NO4/c1-20-26(29-27(33-20)23-11-7-4-8-12-23)17-18-32-24-15-13-21(14-16-24)19-25(28(30)31-2)22-9-5-3-6-10-22/h3-16,19H,17-18H2,1-2H3/b25-19+. The van der Waals surface area contributed by atoms with Gasteiger partial charge in [0.25, 0.3) is 0 Å². The first-order valence-corrected chi connectivity index (χ1v) is 10.7. The summed E-state index contributed by atoms with van der Waals surface area (Å²) in [5.41, 5.74) is 4.04. The van der Waals surface area contributed by atoms with E-state index in [4.69, 9.17) is 13.9 Å². The zero-order chi connectivity index (χ0) is 23.0. The number of rotatable bonds is 8. The highest BCUT2D eigenvalue weighted by atomic mass is 16.5. The summed E-state index contributed by atoms with van der Waals surface area (Å²) in [4.78, 5) is 16.9. The molecule has 0 fully saturated rings. The van der Waals surface area contributed by atoms with Crippen LogP contribution in [-0.2, 0) is 16.0 Å². The third-order valence-corrected chi connectivity index (χ3v) is 5.20. The van der Waals surface area contributed by atoms with Gasteiger partial charge in [-0.15, -0.1) is 0 Å². The van der Waals surface area contributed by atoms with Crippen molar-refractivity contribution in [1.29, 1.82) is 0 Å². The van der Waals surface area contributed by atoms with Crippen LogP contribution in [0, 0.1) is 6.92 Å². The molecular formula is C28H25NO4. The lowest BCUT2D eigenvalue weighted by Crippen LogP contribution is -2.04. The predicted molar refractivity (Wildman–Crippen MR) is 129 cm³/mol. The molecule has 0 aliphatic heterocycles. The van der Waals surface area contributed by atoms with Crippen LogP contribution < -0.4 is 4.74 Å². The Morgan fingerprint density at radius 3 is 2.27 bits per heavy atom. The zero-order valence-corrected chi connectivity index (χ0v) is 18.7. The van der Waals surface area contributed by atoms with E-state index >= 15 is 0 Å². The largest absolute Gasteiger partial charge is 0.493 e. The first-order chi connectivity index (χ1) is 16.1. The lowest BCUT2D eigenvalue weighted by atomic mass is 10.0. The molecule has 5 nitrogen and oxygen atoms in total. The minimum Gasteiger partial charge on any atom is -0.493 e. The maximum absolute atomic E-state index is 12.3. The quantitative estimate of drug-likeness (QED) is 0.192. The number of aromatic nitrogens is 1. The highest BCUT2D eigenvalue weighted by molar-refractivity contribution is 6.21. The number of carbonyl (C=O) groups is 1. The van der Waals surface area contributed by atoms with E-state index < -0.39 is 0 Å². The number of nitrogens with zero attached hydrogens (tertiary/aromatic N) is 1. The molecule has 3 aromatic carbocycles. The molecule has 0 aliphatic rings. The molecule has 0 saturated heterocycles. The van der Waals surface area contributed by atoms with Crippen LogP contribution in [0.15, 0.2) is 89.3 Å². The second-order valence-electron chi connectivity index (χ2n) is 7.47. The van der Waals surface area contributed by atoms with E-state index in [1.54, 1.807) is 0 Å². The molecule has 0 amide bonds. The molecule has 4 aromatic rings.